The molecular weight excluding hydrogens is 354 g/mol. The Morgan fingerprint density at radius 1 is 1.04 bits per heavy atom. The molecule has 1 aliphatic carbocycles. The lowest BCUT2D eigenvalue weighted by Crippen LogP contribution is -2.32. The maximum atomic E-state index is 12.5. The molecule has 0 N–H and O–H groups in total. The molecule has 144 valence electrons. The van der Waals surface area contributed by atoms with Crippen LogP contribution in [0.1, 0.15) is 54.6 Å². The minimum atomic E-state index is -0.206. The van der Waals surface area contributed by atoms with Crippen LogP contribution in [0.15, 0.2) is 59.5 Å². The van der Waals surface area contributed by atoms with Gasteiger partial charge in [-0.3, -0.25) is 0 Å². The SMILES string of the molecule is C[C@@H](c1ccccc1S[C@H]1CCCC[C@@H]1OC(=O)c1ccccc1)N(C)C. The summed E-state index contributed by atoms with van der Waals surface area (Å²) >= 11 is 1.88. The Kier molecular flexibility index (Phi) is 6.97. The van der Waals surface area contributed by atoms with E-state index in [1.54, 1.807) is 0 Å². The van der Waals surface area contributed by atoms with Crippen molar-refractivity contribution in [3.8, 4) is 0 Å². The van der Waals surface area contributed by atoms with Crippen LogP contribution in [0, 0.1) is 0 Å². The molecule has 0 unspecified atom stereocenters. The summed E-state index contributed by atoms with van der Waals surface area (Å²) in [7, 11) is 4.22. The molecule has 27 heavy (non-hydrogen) atoms. The molecule has 3 atom stereocenters. The molecule has 2 aromatic rings. The van der Waals surface area contributed by atoms with Gasteiger partial charge in [-0.15, -0.1) is 11.8 Å². The summed E-state index contributed by atoms with van der Waals surface area (Å²) in [6.45, 7) is 2.23. The second-order valence-corrected chi connectivity index (χ2v) is 8.71. The van der Waals surface area contributed by atoms with Crippen molar-refractivity contribution in [3.63, 3.8) is 0 Å². The number of benzene rings is 2. The Hall–Kier alpha value is -1.78. The Morgan fingerprint density at radius 3 is 2.44 bits per heavy atom. The molecule has 1 saturated carbocycles. The van der Waals surface area contributed by atoms with Crippen LogP contribution in [-0.4, -0.2) is 36.3 Å². The van der Waals surface area contributed by atoms with Gasteiger partial charge in [0.1, 0.15) is 6.10 Å². The minimum Gasteiger partial charge on any atom is -0.458 e. The van der Waals surface area contributed by atoms with Crippen molar-refractivity contribution in [1.29, 1.82) is 0 Å². The van der Waals surface area contributed by atoms with E-state index < -0.39 is 0 Å². The smallest absolute Gasteiger partial charge is 0.338 e. The molecule has 0 aliphatic heterocycles. The maximum absolute atomic E-state index is 12.5. The highest BCUT2D eigenvalue weighted by Gasteiger charge is 2.30. The Morgan fingerprint density at radius 2 is 1.70 bits per heavy atom. The van der Waals surface area contributed by atoms with Gasteiger partial charge in [0.2, 0.25) is 0 Å². The maximum Gasteiger partial charge on any atom is 0.338 e. The molecule has 3 rings (SSSR count). The molecule has 2 aromatic carbocycles. The fourth-order valence-corrected chi connectivity index (χ4v) is 4.97. The number of thioether (sulfide) groups is 1. The largest absolute Gasteiger partial charge is 0.458 e. The summed E-state index contributed by atoms with van der Waals surface area (Å²) in [4.78, 5) is 16.1. The number of rotatable bonds is 6. The topological polar surface area (TPSA) is 29.5 Å². The molecule has 0 heterocycles. The summed E-state index contributed by atoms with van der Waals surface area (Å²) in [5, 5.41) is 0.307. The van der Waals surface area contributed by atoms with E-state index in [-0.39, 0.29) is 12.1 Å². The summed E-state index contributed by atoms with van der Waals surface area (Å²) in [6.07, 6.45) is 4.32. The van der Waals surface area contributed by atoms with Gasteiger partial charge in [0.15, 0.2) is 0 Å². The molecule has 0 aromatic heterocycles. The second kappa shape index (κ2) is 9.43. The third-order valence-corrected chi connectivity index (χ3v) is 6.80. The standard InChI is InChI=1S/C23H29NO2S/c1-17(24(2)3)19-13-7-9-15-21(19)27-22-16-10-8-14-20(22)26-23(25)18-11-5-4-6-12-18/h4-7,9,11-13,15,17,20,22H,8,10,14,16H2,1-3H3/t17-,20-,22-/m0/s1. The zero-order valence-electron chi connectivity index (χ0n) is 16.4. The molecule has 3 nitrogen and oxygen atoms in total. The third-order valence-electron chi connectivity index (χ3n) is 5.33. The number of carbonyl (C=O) groups excluding carboxylic acids is 1. The van der Waals surface area contributed by atoms with Gasteiger partial charge in [-0.1, -0.05) is 42.8 Å². The summed E-state index contributed by atoms with van der Waals surface area (Å²) in [6, 6.07) is 18.3. The molecular formula is C23H29NO2S. The zero-order chi connectivity index (χ0) is 19.2. The molecule has 1 fully saturated rings. The summed E-state index contributed by atoms with van der Waals surface area (Å²) < 4.78 is 5.94. The van der Waals surface area contributed by atoms with E-state index in [2.05, 4.69) is 50.2 Å². The normalized spacial score (nSPS) is 21.0. The van der Waals surface area contributed by atoms with Crippen LogP contribution in [0.25, 0.3) is 0 Å². The summed E-state index contributed by atoms with van der Waals surface area (Å²) in [5.41, 5.74) is 1.97. The molecule has 0 bridgehead atoms. The van der Waals surface area contributed by atoms with Crippen molar-refractivity contribution in [3.05, 3.63) is 65.7 Å². The van der Waals surface area contributed by atoms with Gasteiger partial charge < -0.3 is 9.64 Å². The fourth-order valence-electron chi connectivity index (χ4n) is 3.49. The van der Waals surface area contributed by atoms with Gasteiger partial charge in [0, 0.05) is 16.2 Å². The van der Waals surface area contributed by atoms with Crippen LogP contribution >= 0.6 is 11.8 Å². The number of hydrogen-bond acceptors (Lipinski definition) is 4. The van der Waals surface area contributed by atoms with Crippen LogP contribution < -0.4 is 0 Å². The molecule has 0 radical (unpaired) electrons. The molecule has 4 heteroatoms. The lowest BCUT2D eigenvalue weighted by atomic mass is 9.97. The Bertz CT molecular complexity index is 747. The van der Waals surface area contributed by atoms with Crippen LogP contribution in [0.4, 0.5) is 0 Å². The first-order valence-corrected chi connectivity index (χ1v) is 10.6. The third kappa shape index (κ3) is 5.14. The fraction of sp³-hybridized carbons (Fsp3) is 0.435. The average Bonchev–Trinajstić information content (AvgIpc) is 2.70. The van der Waals surface area contributed by atoms with Gasteiger partial charge >= 0.3 is 5.97 Å². The van der Waals surface area contributed by atoms with E-state index in [0.29, 0.717) is 16.9 Å². The van der Waals surface area contributed by atoms with Crippen molar-refractivity contribution >= 4 is 17.7 Å². The molecule has 0 saturated heterocycles. The Balaban J connectivity index is 1.74. The van der Waals surface area contributed by atoms with Crippen molar-refractivity contribution in [2.45, 2.75) is 54.9 Å². The van der Waals surface area contributed by atoms with Crippen molar-refractivity contribution < 1.29 is 9.53 Å². The average molecular weight is 384 g/mol. The van der Waals surface area contributed by atoms with E-state index in [4.69, 9.17) is 4.74 Å². The predicted molar refractivity (Wildman–Crippen MR) is 112 cm³/mol. The zero-order valence-corrected chi connectivity index (χ0v) is 17.2. The van der Waals surface area contributed by atoms with Crippen LogP contribution in [-0.2, 0) is 4.74 Å². The number of nitrogens with zero attached hydrogens (tertiary/aromatic N) is 1. The highest BCUT2D eigenvalue weighted by molar-refractivity contribution is 8.00. The molecule has 0 amide bonds. The van der Waals surface area contributed by atoms with Crippen LogP contribution in [0.2, 0.25) is 0 Å². The monoisotopic (exact) mass is 383 g/mol. The van der Waals surface area contributed by atoms with E-state index in [1.165, 1.54) is 16.9 Å². The highest BCUT2D eigenvalue weighted by Crippen LogP contribution is 2.39. The minimum absolute atomic E-state index is 0.0285. The van der Waals surface area contributed by atoms with Crippen molar-refractivity contribution in [2.75, 3.05) is 14.1 Å². The Labute approximate surface area is 167 Å². The molecule has 0 spiro atoms. The van der Waals surface area contributed by atoms with Crippen LogP contribution in [0.5, 0.6) is 0 Å². The van der Waals surface area contributed by atoms with Gasteiger partial charge in [0.05, 0.1) is 5.56 Å². The predicted octanol–water partition coefficient (Wildman–Crippen LogP) is 5.57. The van der Waals surface area contributed by atoms with E-state index in [9.17, 15) is 4.79 Å². The highest BCUT2D eigenvalue weighted by atomic mass is 32.2. The van der Waals surface area contributed by atoms with E-state index in [0.717, 1.165) is 19.3 Å². The number of hydrogen-bond donors (Lipinski definition) is 0. The van der Waals surface area contributed by atoms with E-state index in [1.807, 2.05) is 42.1 Å². The quantitative estimate of drug-likeness (QED) is 0.610. The lowest BCUT2D eigenvalue weighted by Gasteiger charge is -2.32. The second-order valence-electron chi connectivity index (χ2n) is 7.43. The first-order chi connectivity index (χ1) is 13.1. The van der Waals surface area contributed by atoms with Crippen molar-refractivity contribution in [1.82, 2.24) is 4.90 Å². The van der Waals surface area contributed by atoms with E-state index >= 15 is 0 Å². The van der Waals surface area contributed by atoms with Gasteiger partial charge in [0.25, 0.3) is 0 Å². The summed E-state index contributed by atoms with van der Waals surface area (Å²) in [5.74, 6) is -0.206. The van der Waals surface area contributed by atoms with Gasteiger partial charge in [-0.2, -0.15) is 0 Å². The van der Waals surface area contributed by atoms with Gasteiger partial charge in [-0.25, -0.2) is 4.79 Å². The number of carbonyl (C=O) groups is 1. The lowest BCUT2D eigenvalue weighted by molar-refractivity contribution is 0.0229. The number of esters is 1. The molecule has 1 aliphatic rings. The first kappa shape index (κ1) is 20.0. The van der Waals surface area contributed by atoms with Crippen molar-refractivity contribution in [2.24, 2.45) is 0 Å². The first-order valence-electron chi connectivity index (χ1n) is 9.74. The van der Waals surface area contributed by atoms with Crippen LogP contribution in [0.3, 0.4) is 0 Å². The van der Waals surface area contributed by atoms with Gasteiger partial charge in [-0.05, 0) is 64.0 Å². The number of ether oxygens (including phenoxy) is 1.